The van der Waals surface area contributed by atoms with Crippen LogP contribution in [-0.2, 0) is 4.74 Å². The molecule has 0 radical (unpaired) electrons. The SMILES string of the molecule is CC1(C)CCC(CN2CC3(CCCCC3)NCC2(C)C)O1. The molecular weight excluding hydrogens is 260 g/mol. The second-order valence-corrected chi connectivity index (χ2v) is 8.93. The van der Waals surface area contributed by atoms with Crippen LogP contribution in [0.1, 0.15) is 72.6 Å². The van der Waals surface area contributed by atoms with Gasteiger partial charge >= 0.3 is 0 Å². The molecule has 1 spiro atoms. The summed E-state index contributed by atoms with van der Waals surface area (Å²) in [5.74, 6) is 0. The third-order valence-electron chi connectivity index (χ3n) is 6.03. The maximum atomic E-state index is 6.26. The third kappa shape index (κ3) is 3.46. The highest BCUT2D eigenvalue weighted by molar-refractivity contribution is 5.03. The molecule has 3 nitrogen and oxygen atoms in total. The number of nitrogens with one attached hydrogen (secondary N) is 1. The Balaban J connectivity index is 1.66. The van der Waals surface area contributed by atoms with E-state index in [2.05, 4.69) is 37.9 Å². The zero-order valence-corrected chi connectivity index (χ0v) is 14.5. The molecule has 1 aliphatic carbocycles. The van der Waals surface area contributed by atoms with Crippen molar-refractivity contribution in [2.24, 2.45) is 0 Å². The van der Waals surface area contributed by atoms with Crippen LogP contribution in [0.5, 0.6) is 0 Å². The van der Waals surface area contributed by atoms with Crippen LogP contribution in [0.2, 0.25) is 0 Å². The minimum Gasteiger partial charge on any atom is -0.371 e. The van der Waals surface area contributed by atoms with Crippen molar-refractivity contribution in [2.45, 2.75) is 95.4 Å². The molecule has 2 aliphatic heterocycles. The van der Waals surface area contributed by atoms with E-state index < -0.39 is 0 Å². The Morgan fingerprint density at radius 2 is 1.76 bits per heavy atom. The monoisotopic (exact) mass is 294 g/mol. The van der Waals surface area contributed by atoms with E-state index in [4.69, 9.17) is 4.74 Å². The summed E-state index contributed by atoms with van der Waals surface area (Å²) in [4.78, 5) is 2.72. The number of rotatable bonds is 2. The summed E-state index contributed by atoms with van der Waals surface area (Å²) in [5, 5.41) is 3.91. The van der Waals surface area contributed by atoms with Crippen molar-refractivity contribution in [3.05, 3.63) is 0 Å². The van der Waals surface area contributed by atoms with Crippen molar-refractivity contribution >= 4 is 0 Å². The van der Waals surface area contributed by atoms with E-state index in [0.717, 1.165) is 13.1 Å². The van der Waals surface area contributed by atoms with Crippen molar-refractivity contribution in [3.8, 4) is 0 Å². The first-order valence-corrected chi connectivity index (χ1v) is 8.98. The van der Waals surface area contributed by atoms with E-state index in [1.165, 1.54) is 51.5 Å². The van der Waals surface area contributed by atoms with Gasteiger partial charge in [-0.05, 0) is 53.4 Å². The van der Waals surface area contributed by atoms with Crippen molar-refractivity contribution < 1.29 is 4.74 Å². The molecular formula is C18H34N2O. The highest BCUT2D eigenvalue weighted by Crippen LogP contribution is 2.36. The number of hydrogen-bond acceptors (Lipinski definition) is 3. The second-order valence-electron chi connectivity index (χ2n) is 8.93. The molecule has 3 fully saturated rings. The molecule has 3 rings (SSSR count). The summed E-state index contributed by atoms with van der Waals surface area (Å²) in [7, 11) is 0. The highest BCUT2D eigenvalue weighted by Gasteiger charge is 2.44. The van der Waals surface area contributed by atoms with Gasteiger partial charge in [0.1, 0.15) is 0 Å². The van der Waals surface area contributed by atoms with E-state index >= 15 is 0 Å². The van der Waals surface area contributed by atoms with Crippen molar-refractivity contribution in [2.75, 3.05) is 19.6 Å². The molecule has 1 N–H and O–H groups in total. The van der Waals surface area contributed by atoms with E-state index in [1.807, 2.05) is 0 Å². The lowest BCUT2D eigenvalue weighted by Gasteiger charge is -2.54. The predicted octanol–water partition coefficient (Wildman–Crippen LogP) is 3.33. The Labute approximate surface area is 130 Å². The van der Waals surface area contributed by atoms with E-state index in [1.54, 1.807) is 0 Å². The summed E-state index contributed by atoms with van der Waals surface area (Å²) in [6, 6.07) is 0. The molecule has 0 aromatic heterocycles. The lowest BCUT2D eigenvalue weighted by molar-refractivity contribution is -0.0614. The summed E-state index contributed by atoms with van der Waals surface area (Å²) >= 11 is 0. The van der Waals surface area contributed by atoms with Gasteiger partial charge in [0.25, 0.3) is 0 Å². The first-order chi connectivity index (χ1) is 9.80. The van der Waals surface area contributed by atoms with Gasteiger partial charge in [0.2, 0.25) is 0 Å². The van der Waals surface area contributed by atoms with E-state index in [0.29, 0.717) is 11.6 Å². The average Bonchev–Trinajstić information content (AvgIpc) is 2.75. The fourth-order valence-corrected chi connectivity index (χ4v) is 4.48. The second kappa shape index (κ2) is 5.50. The Morgan fingerprint density at radius 1 is 1.05 bits per heavy atom. The van der Waals surface area contributed by atoms with Crippen molar-refractivity contribution in [1.29, 1.82) is 0 Å². The van der Waals surface area contributed by atoms with Gasteiger partial charge in [0.15, 0.2) is 0 Å². The predicted molar refractivity (Wildman–Crippen MR) is 87.7 cm³/mol. The molecule has 122 valence electrons. The van der Waals surface area contributed by atoms with Crippen LogP contribution >= 0.6 is 0 Å². The number of ether oxygens (including phenoxy) is 1. The van der Waals surface area contributed by atoms with Crippen molar-refractivity contribution in [3.63, 3.8) is 0 Å². The molecule has 3 aliphatic rings. The quantitative estimate of drug-likeness (QED) is 0.845. The number of hydrogen-bond donors (Lipinski definition) is 1. The standard InChI is InChI=1S/C18H34N2O/c1-16(2)13-19-18(9-6-5-7-10-18)14-20(16)12-15-8-11-17(3,4)21-15/h15,19H,5-14H2,1-4H3. The number of piperazine rings is 1. The van der Waals surface area contributed by atoms with Gasteiger partial charge in [-0.3, -0.25) is 4.90 Å². The maximum absolute atomic E-state index is 6.26. The fourth-order valence-electron chi connectivity index (χ4n) is 4.48. The van der Waals surface area contributed by atoms with Gasteiger partial charge in [0.05, 0.1) is 11.7 Å². The molecule has 21 heavy (non-hydrogen) atoms. The van der Waals surface area contributed by atoms with Gasteiger partial charge in [0, 0.05) is 30.7 Å². The van der Waals surface area contributed by atoms with Crippen LogP contribution < -0.4 is 5.32 Å². The molecule has 1 unspecified atom stereocenters. The maximum Gasteiger partial charge on any atom is 0.0710 e. The average molecular weight is 294 g/mol. The smallest absolute Gasteiger partial charge is 0.0710 e. The summed E-state index contributed by atoms with van der Waals surface area (Å²) in [6.45, 7) is 12.7. The Hall–Kier alpha value is -0.120. The van der Waals surface area contributed by atoms with Crippen LogP contribution in [-0.4, -0.2) is 47.3 Å². The molecule has 0 aromatic carbocycles. The molecule has 0 bridgehead atoms. The molecule has 1 saturated carbocycles. The molecule has 2 heterocycles. The Morgan fingerprint density at radius 3 is 2.38 bits per heavy atom. The normalized spacial score (nSPS) is 35.1. The van der Waals surface area contributed by atoms with Crippen LogP contribution in [0.3, 0.4) is 0 Å². The molecule has 1 atom stereocenters. The van der Waals surface area contributed by atoms with Gasteiger partial charge in [-0.25, -0.2) is 0 Å². The lowest BCUT2D eigenvalue weighted by Crippen LogP contribution is -2.69. The lowest BCUT2D eigenvalue weighted by atomic mass is 9.77. The van der Waals surface area contributed by atoms with Gasteiger partial charge < -0.3 is 10.1 Å². The first-order valence-electron chi connectivity index (χ1n) is 8.98. The highest BCUT2D eigenvalue weighted by atomic mass is 16.5. The zero-order valence-electron chi connectivity index (χ0n) is 14.5. The summed E-state index contributed by atoms with van der Waals surface area (Å²) < 4.78 is 6.26. The Bertz CT molecular complexity index is 371. The molecule has 3 heteroatoms. The van der Waals surface area contributed by atoms with E-state index in [-0.39, 0.29) is 11.1 Å². The number of nitrogens with zero attached hydrogens (tertiary/aromatic N) is 1. The minimum atomic E-state index is 0.0887. The Kier molecular flexibility index (Phi) is 4.13. The summed E-state index contributed by atoms with van der Waals surface area (Å²) in [6.07, 6.45) is 9.79. The fraction of sp³-hybridized carbons (Fsp3) is 1.00. The van der Waals surface area contributed by atoms with Crippen LogP contribution in [0.4, 0.5) is 0 Å². The molecule has 0 amide bonds. The zero-order chi connectivity index (χ0) is 15.1. The summed E-state index contributed by atoms with van der Waals surface area (Å²) in [5.41, 5.74) is 0.728. The minimum absolute atomic E-state index is 0.0887. The third-order valence-corrected chi connectivity index (χ3v) is 6.03. The van der Waals surface area contributed by atoms with E-state index in [9.17, 15) is 0 Å². The van der Waals surface area contributed by atoms with Gasteiger partial charge in [-0.2, -0.15) is 0 Å². The molecule has 2 saturated heterocycles. The molecule has 0 aromatic rings. The van der Waals surface area contributed by atoms with Crippen LogP contribution in [0.15, 0.2) is 0 Å². The van der Waals surface area contributed by atoms with Gasteiger partial charge in [-0.1, -0.05) is 19.3 Å². The van der Waals surface area contributed by atoms with Crippen LogP contribution in [0.25, 0.3) is 0 Å². The van der Waals surface area contributed by atoms with Gasteiger partial charge in [-0.15, -0.1) is 0 Å². The topological polar surface area (TPSA) is 24.5 Å². The van der Waals surface area contributed by atoms with Crippen LogP contribution in [0, 0.1) is 0 Å². The largest absolute Gasteiger partial charge is 0.371 e. The van der Waals surface area contributed by atoms with Crippen molar-refractivity contribution in [1.82, 2.24) is 10.2 Å². The first kappa shape index (κ1) is 15.8.